The number of nitrogens with zero attached hydrogens (tertiary/aromatic N) is 2. The van der Waals surface area contributed by atoms with Crippen LogP contribution >= 0.6 is 11.3 Å². The van der Waals surface area contributed by atoms with E-state index in [1.165, 1.54) is 4.88 Å². The number of hydrogen-bond acceptors (Lipinski definition) is 5. The molecule has 3 aliphatic rings. The second kappa shape index (κ2) is 8.24. The van der Waals surface area contributed by atoms with E-state index >= 15 is 0 Å². The van der Waals surface area contributed by atoms with Crippen molar-refractivity contribution in [1.29, 1.82) is 0 Å². The molecule has 2 aromatic rings. The van der Waals surface area contributed by atoms with Crippen molar-refractivity contribution in [2.45, 2.75) is 70.9 Å². The molecule has 0 aliphatic heterocycles. The van der Waals surface area contributed by atoms with Crippen molar-refractivity contribution in [1.82, 2.24) is 14.9 Å². The number of fused-ring (bicyclic) bond motifs is 2. The van der Waals surface area contributed by atoms with Crippen LogP contribution in [0.15, 0.2) is 18.3 Å². The predicted octanol–water partition coefficient (Wildman–Crippen LogP) is 3.70. The number of carbonyl (C=O) groups is 2. The first-order chi connectivity index (χ1) is 15.7. The Hall–Kier alpha value is -2.19. The molecule has 0 unspecified atom stereocenters. The molecule has 6 atom stereocenters. The molecular weight excluding hydrogens is 436 g/mol. The van der Waals surface area contributed by atoms with Crippen molar-refractivity contribution in [3.05, 3.63) is 34.6 Å². The fraction of sp³-hybridized carbons (Fsp3) is 0.640. The number of aliphatic hydroxyl groups is 1. The largest absolute Gasteiger partial charge is 0.392 e. The molecule has 7 nitrogen and oxygen atoms in total. The summed E-state index contributed by atoms with van der Waals surface area (Å²) in [7, 11) is 1.85. The van der Waals surface area contributed by atoms with Gasteiger partial charge in [-0.25, -0.2) is 4.98 Å². The molecular formula is C25H34N4O3S. The van der Waals surface area contributed by atoms with E-state index in [0.29, 0.717) is 16.9 Å². The monoisotopic (exact) mass is 470 g/mol. The van der Waals surface area contributed by atoms with E-state index in [9.17, 15) is 14.7 Å². The number of amides is 2. The van der Waals surface area contributed by atoms with Crippen molar-refractivity contribution >= 4 is 28.3 Å². The molecule has 0 bridgehead atoms. The molecule has 0 saturated heterocycles. The molecule has 8 heteroatoms. The Balaban J connectivity index is 1.35. The molecule has 2 aromatic heterocycles. The Labute approximate surface area is 199 Å². The maximum absolute atomic E-state index is 12.7. The summed E-state index contributed by atoms with van der Waals surface area (Å²) in [5.74, 6) is -0.227. The lowest BCUT2D eigenvalue weighted by molar-refractivity contribution is -0.134. The quantitative estimate of drug-likeness (QED) is 0.621. The van der Waals surface area contributed by atoms with Crippen LogP contribution in [-0.2, 0) is 18.3 Å². The first-order valence-electron chi connectivity index (χ1n) is 12.1. The topological polar surface area (TPSA) is 96.3 Å². The summed E-state index contributed by atoms with van der Waals surface area (Å²) in [5.41, 5.74) is 1.54. The second-order valence-electron chi connectivity index (χ2n) is 10.7. The summed E-state index contributed by atoms with van der Waals surface area (Å²) in [4.78, 5) is 31.4. The maximum atomic E-state index is 12.7. The predicted molar refractivity (Wildman–Crippen MR) is 128 cm³/mol. The molecule has 2 fully saturated rings. The van der Waals surface area contributed by atoms with Gasteiger partial charge in [-0.3, -0.25) is 14.9 Å². The van der Waals surface area contributed by atoms with Gasteiger partial charge in [-0.2, -0.15) is 0 Å². The van der Waals surface area contributed by atoms with E-state index in [-0.39, 0.29) is 40.9 Å². The maximum Gasteiger partial charge on any atom is 0.274 e. The van der Waals surface area contributed by atoms with Crippen LogP contribution in [0.3, 0.4) is 0 Å². The molecule has 2 saturated carbocycles. The third-order valence-electron chi connectivity index (χ3n) is 8.30. The van der Waals surface area contributed by atoms with E-state index in [1.807, 2.05) is 26.2 Å². The van der Waals surface area contributed by atoms with Crippen molar-refractivity contribution in [3.8, 4) is 0 Å². The van der Waals surface area contributed by atoms with Crippen molar-refractivity contribution < 1.29 is 14.7 Å². The molecule has 5 rings (SSSR count). The Morgan fingerprint density at radius 3 is 2.76 bits per heavy atom. The van der Waals surface area contributed by atoms with Gasteiger partial charge in [0.05, 0.1) is 11.8 Å². The van der Waals surface area contributed by atoms with E-state index in [0.717, 1.165) is 37.8 Å². The van der Waals surface area contributed by atoms with Crippen LogP contribution in [-0.4, -0.2) is 38.6 Å². The first-order valence-corrected chi connectivity index (χ1v) is 12.9. The van der Waals surface area contributed by atoms with Gasteiger partial charge in [0.15, 0.2) is 5.13 Å². The third kappa shape index (κ3) is 4.01. The number of aryl methyl sites for hydroxylation is 1. The summed E-state index contributed by atoms with van der Waals surface area (Å²) < 4.78 is 1.79. The summed E-state index contributed by atoms with van der Waals surface area (Å²) in [6.07, 6.45) is 6.12. The highest BCUT2D eigenvalue weighted by molar-refractivity contribution is 7.15. The summed E-state index contributed by atoms with van der Waals surface area (Å²) in [6.45, 7) is 6.38. The van der Waals surface area contributed by atoms with Crippen LogP contribution in [0, 0.1) is 23.2 Å². The van der Waals surface area contributed by atoms with Gasteiger partial charge in [-0.05, 0) is 61.5 Å². The number of rotatable bonds is 5. The Morgan fingerprint density at radius 1 is 1.33 bits per heavy atom. The number of aliphatic hydroxyl groups excluding tert-OH is 1. The minimum Gasteiger partial charge on any atom is -0.392 e. The van der Waals surface area contributed by atoms with Crippen molar-refractivity contribution in [3.63, 3.8) is 0 Å². The zero-order valence-electron chi connectivity index (χ0n) is 19.8. The molecule has 0 spiro atoms. The van der Waals surface area contributed by atoms with Crippen molar-refractivity contribution in [2.75, 3.05) is 5.32 Å². The van der Waals surface area contributed by atoms with Gasteiger partial charge in [0.1, 0.15) is 5.69 Å². The average Bonchev–Trinajstić information content (AvgIpc) is 3.31. The van der Waals surface area contributed by atoms with E-state index in [2.05, 4.69) is 24.5 Å². The molecule has 178 valence electrons. The van der Waals surface area contributed by atoms with Gasteiger partial charge in [-0.15, -0.1) is 11.3 Å². The number of carbonyl (C=O) groups excluding carboxylic acids is 2. The zero-order valence-corrected chi connectivity index (χ0v) is 20.6. The Bertz CT molecular complexity index is 1070. The lowest BCUT2D eigenvalue weighted by atomic mass is 9.53. The highest BCUT2D eigenvalue weighted by Gasteiger charge is 2.54. The molecule has 3 aliphatic carbocycles. The molecule has 0 aromatic carbocycles. The number of aromatic nitrogens is 2. The fourth-order valence-electron chi connectivity index (χ4n) is 6.21. The van der Waals surface area contributed by atoms with Gasteiger partial charge in [-0.1, -0.05) is 20.8 Å². The lowest BCUT2D eigenvalue weighted by Gasteiger charge is -2.53. The van der Waals surface area contributed by atoms with Gasteiger partial charge in [0.25, 0.3) is 5.91 Å². The average molecular weight is 471 g/mol. The molecule has 3 N–H and O–H groups in total. The minimum atomic E-state index is -0.546. The van der Waals surface area contributed by atoms with Crippen LogP contribution in [0.4, 0.5) is 5.13 Å². The lowest BCUT2D eigenvalue weighted by Crippen LogP contribution is -2.53. The van der Waals surface area contributed by atoms with Gasteiger partial charge < -0.3 is 15.0 Å². The van der Waals surface area contributed by atoms with Crippen LogP contribution in [0.25, 0.3) is 0 Å². The number of anilines is 1. The van der Waals surface area contributed by atoms with Crippen LogP contribution < -0.4 is 10.6 Å². The third-order valence-corrected chi connectivity index (χ3v) is 9.29. The first kappa shape index (κ1) is 22.6. The SMILES string of the molecule is C[C@H](C(=O)NC1CC1)[C@H]1CC[C@]2(C)Cc3sc(NC(=O)c4cccn4C)nc3[C@H](C)[C@@H]2[C@H]1O. The number of thiazole rings is 1. The Morgan fingerprint density at radius 2 is 2.09 bits per heavy atom. The second-order valence-corrected chi connectivity index (χ2v) is 11.8. The normalized spacial score (nSPS) is 31.9. The molecule has 2 amide bonds. The van der Waals surface area contributed by atoms with Crippen LogP contribution in [0.1, 0.15) is 73.4 Å². The van der Waals surface area contributed by atoms with Gasteiger partial charge >= 0.3 is 0 Å². The van der Waals surface area contributed by atoms with Crippen LogP contribution in [0.5, 0.6) is 0 Å². The number of hydrogen-bond donors (Lipinski definition) is 3. The fourth-order valence-corrected chi connectivity index (χ4v) is 7.47. The van der Waals surface area contributed by atoms with E-state index in [4.69, 9.17) is 4.98 Å². The van der Waals surface area contributed by atoms with Crippen molar-refractivity contribution in [2.24, 2.45) is 30.2 Å². The standard InChI is InChI=1S/C25H34N4O3S/c1-13(22(31)26-15-7-8-15)16-9-10-25(3)12-18-20(14(2)19(25)21(16)30)27-24(33-18)28-23(32)17-6-5-11-29(17)4/h5-6,11,13-16,19,21,30H,7-10,12H2,1-4H3,(H,26,31)(H,27,28,32)/t13-,14+,16+,19+,21-,25+/m0/s1. The smallest absolute Gasteiger partial charge is 0.274 e. The zero-order chi connectivity index (χ0) is 23.5. The van der Waals surface area contributed by atoms with E-state index in [1.54, 1.807) is 22.0 Å². The highest BCUT2D eigenvalue weighted by Crippen LogP contribution is 2.57. The van der Waals surface area contributed by atoms with Gasteiger partial charge in [0, 0.05) is 36.0 Å². The Kier molecular flexibility index (Phi) is 5.64. The highest BCUT2D eigenvalue weighted by atomic mass is 32.1. The molecule has 33 heavy (non-hydrogen) atoms. The molecule has 0 radical (unpaired) electrons. The van der Waals surface area contributed by atoms with Crippen LogP contribution in [0.2, 0.25) is 0 Å². The summed E-state index contributed by atoms with van der Waals surface area (Å²) in [5, 5.41) is 18.2. The summed E-state index contributed by atoms with van der Waals surface area (Å²) in [6, 6.07) is 3.97. The van der Waals surface area contributed by atoms with E-state index < -0.39 is 6.10 Å². The number of nitrogens with one attached hydrogen (secondary N) is 2. The molecule has 2 heterocycles. The summed E-state index contributed by atoms with van der Waals surface area (Å²) >= 11 is 1.55. The van der Waals surface area contributed by atoms with Gasteiger partial charge in [0.2, 0.25) is 5.91 Å². The minimum absolute atomic E-state index is 0.0402.